The minimum atomic E-state index is -2.15. The van der Waals surface area contributed by atoms with E-state index in [2.05, 4.69) is 0 Å². The molecule has 0 aromatic carbocycles. The van der Waals surface area contributed by atoms with E-state index >= 15 is 0 Å². The van der Waals surface area contributed by atoms with E-state index in [1.54, 1.807) is 0 Å². The van der Waals surface area contributed by atoms with Gasteiger partial charge in [0.25, 0.3) is 0 Å². The lowest BCUT2D eigenvalue weighted by Crippen LogP contribution is -2.39. The van der Waals surface area contributed by atoms with Crippen LogP contribution in [0.3, 0.4) is 0 Å². The van der Waals surface area contributed by atoms with Gasteiger partial charge in [-0.3, -0.25) is 0 Å². The van der Waals surface area contributed by atoms with Crippen LogP contribution in [0.1, 0.15) is 26.2 Å². The van der Waals surface area contributed by atoms with Crippen LogP contribution in [0, 0.1) is 11.3 Å². The first-order chi connectivity index (χ1) is 5.06. The summed E-state index contributed by atoms with van der Waals surface area (Å²) in [6, 6.07) is 0. The van der Waals surface area contributed by atoms with Gasteiger partial charge in [0.15, 0.2) is 0 Å². The summed E-state index contributed by atoms with van der Waals surface area (Å²) in [4.78, 5) is 0. The molecule has 0 heterocycles. The topological polar surface area (TPSA) is 26.0 Å². The number of hydrogen-bond acceptors (Lipinski definition) is 1. The average molecular weight is 163 g/mol. The largest absolute Gasteiger partial charge is 0.330 e. The van der Waals surface area contributed by atoms with E-state index in [0.29, 0.717) is 12.5 Å². The highest BCUT2D eigenvalue weighted by atomic mass is 19.3. The summed E-state index contributed by atoms with van der Waals surface area (Å²) in [5.41, 5.74) is 5.29. The van der Waals surface area contributed by atoms with E-state index < -0.39 is 6.43 Å². The van der Waals surface area contributed by atoms with Crippen LogP contribution in [0.2, 0.25) is 0 Å². The third-order valence-corrected chi connectivity index (χ3v) is 2.54. The molecule has 2 N–H and O–H groups in total. The van der Waals surface area contributed by atoms with Gasteiger partial charge in [0.2, 0.25) is 6.43 Å². The molecule has 66 valence electrons. The minimum Gasteiger partial charge on any atom is -0.330 e. The molecule has 0 aromatic heterocycles. The van der Waals surface area contributed by atoms with Crippen LogP contribution in [0.15, 0.2) is 0 Å². The SMILES string of the molecule is CC1(CC(F)F)CC(CN)C1. The fraction of sp³-hybridized carbons (Fsp3) is 1.00. The zero-order chi connectivity index (χ0) is 8.48. The molecule has 1 aliphatic rings. The van der Waals surface area contributed by atoms with Gasteiger partial charge in [0.1, 0.15) is 0 Å². The summed E-state index contributed by atoms with van der Waals surface area (Å²) in [6.07, 6.45) is -0.343. The molecule has 3 heteroatoms. The van der Waals surface area contributed by atoms with Crippen molar-refractivity contribution in [3.63, 3.8) is 0 Å². The molecular weight excluding hydrogens is 148 g/mol. The van der Waals surface area contributed by atoms with Gasteiger partial charge in [-0.15, -0.1) is 0 Å². The lowest BCUT2D eigenvalue weighted by molar-refractivity contribution is 0.00179. The summed E-state index contributed by atoms with van der Waals surface area (Å²) >= 11 is 0. The Kier molecular flexibility index (Phi) is 2.47. The van der Waals surface area contributed by atoms with E-state index in [1.807, 2.05) is 6.92 Å². The first-order valence-corrected chi connectivity index (χ1v) is 4.04. The van der Waals surface area contributed by atoms with Gasteiger partial charge in [0, 0.05) is 6.42 Å². The maximum Gasteiger partial charge on any atom is 0.239 e. The Bertz CT molecular complexity index is 130. The first kappa shape index (κ1) is 8.91. The fourth-order valence-corrected chi connectivity index (χ4v) is 2.04. The summed E-state index contributed by atoms with van der Waals surface area (Å²) in [5.74, 6) is 0.499. The molecule has 0 bridgehead atoms. The van der Waals surface area contributed by atoms with Gasteiger partial charge in [-0.25, -0.2) is 8.78 Å². The number of alkyl halides is 2. The zero-order valence-corrected chi connectivity index (χ0v) is 6.82. The van der Waals surface area contributed by atoms with Crippen LogP contribution in [0.25, 0.3) is 0 Å². The molecule has 0 atom stereocenters. The number of halogens is 2. The van der Waals surface area contributed by atoms with Gasteiger partial charge in [0.05, 0.1) is 0 Å². The van der Waals surface area contributed by atoms with Gasteiger partial charge >= 0.3 is 0 Å². The van der Waals surface area contributed by atoms with Crippen molar-refractivity contribution in [2.24, 2.45) is 17.1 Å². The average Bonchev–Trinajstić information content (AvgIpc) is 1.80. The van der Waals surface area contributed by atoms with Crippen molar-refractivity contribution in [1.29, 1.82) is 0 Å². The Labute approximate surface area is 66.0 Å². The molecule has 11 heavy (non-hydrogen) atoms. The fourth-order valence-electron chi connectivity index (χ4n) is 2.04. The van der Waals surface area contributed by atoms with Gasteiger partial charge < -0.3 is 5.73 Å². The van der Waals surface area contributed by atoms with Crippen LogP contribution < -0.4 is 5.73 Å². The van der Waals surface area contributed by atoms with Crippen molar-refractivity contribution in [2.45, 2.75) is 32.6 Å². The van der Waals surface area contributed by atoms with Gasteiger partial charge in [-0.05, 0) is 30.7 Å². The van der Waals surface area contributed by atoms with E-state index in [-0.39, 0.29) is 11.8 Å². The Morgan fingerprint density at radius 1 is 1.55 bits per heavy atom. The molecular formula is C8H15F2N. The lowest BCUT2D eigenvalue weighted by atomic mass is 9.61. The first-order valence-electron chi connectivity index (χ1n) is 4.04. The van der Waals surface area contributed by atoms with Crippen molar-refractivity contribution in [3.8, 4) is 0 Å². The highest BCUT2D eigenvalue weighted by Gasteiger charge is 2.40. The third kappa shape index (κ3) is 2.12. The molecule has 1 fully saturated rings. The zero-order valence-electron chi connectivity index (χ0n) is 6.82. The van der Waals surface area contributed by atoms with Crippen LogP contribution in [-0.4, -0.2) is 13.0 Å². The Hall–Kier alpha value is -0.180. The molecule has 0 unspecified atom stereocenters. The quantitative estimate of drug-likeness (QED) is 0.676. The molecule has 1 saturated carbocycles. The molecule has 1 aliphatic carbocycles. The normalized spacial score (nSPS) is 37.4. The standard InChI is InChI=1S/C8H15F2N/c1-8(4-7(9)10)2-6(3-8)5-11/h6-7H,2-5,11H2,1H3. The molecule has 0 aliphatic heterocycles. The summed E-state index contributed by atoms with van der Waals surface area (Å²) in [5, 5.41) is 0. The summed E-state index contributed by atoms with van der Waals surface area (Å²) in [7, 11) is 0. The number of rotatable bonds is 3. The van der Waals surface area contributed by atoms with Crippen LogP contribution >= 0.6 is 0 Å². The molecule has 0 aromatic rings. The second-order valence-corrected chi connectivity index (χ2v) is 3.92. The minimum absolute atomic E-state index is 0.0451. The van der Waals surface area contributed by atoms with Crippen LogP contribution in [0.4, 0.5) is 8.78 Å². The predicted molar refractivity (Wildman–Crippen MR) is 40.5 cm³/mol. The Balaban J connectivity index is 2.25. The van der Waals surface area contributed by atoms with Crippen molar-refractivity contribution < 1.29 is 8.78 Å². The van der Waals surface area contributed by atoms with Crippen molar-refractivity contribution in [3.05, 3.63) is 0 Å². The maximum absolute atomic E-state index is 12.0. The Morgan fingerprint density at radius 2 is 2.09 bits per heavy atom. The van der Waals surface area contributed by atoms with E-state index in [1.165, 1.54) is 0 Å². The second kappa shape index (κ2) is 3.05. The van der Waals surface area contributed by atoms with Crippen molar-refractivity contribution in [1.82, 2.24) is 0 Å². The van der Waals surface area contributed by atoms with E-state index in [4.69, 9.17) is 5.73 Å². The summed E-state index contributed by atoms with van der Waals surface area (Å²) < 4.78 is 23.9. The van der Waals surface area contributed by atoms with Gasteiger partial charge in [-0.2, -0.15) is 0 Å². The monoisotopic (exact) mass is 163 g/mol. The highest BCUT2D eigenvalue weighted by Crippen LogP contribution is 2.48. The number of hydrogen-bond donors (Lipinski definition) is 1. The summed E-state index contributed by atoms with van der Waals surface area (Å²) in [6.45, 7) is 2.57. The molecule has 0 saturated heterocycles. The van der Waals surface area contributed by atoms with E-state index in [9.17, 15) is 8.78 Å². The maximum atomic E-state index is 12.0. The van der Waals surface area contributed by atoms with E-state index in [0.717, 1.165) is 12.8 Å². The predicted octanol–water partition coefficient (Wildman–Crippen LogP) is 2.02. The molecule has 0 spiro atoms. The second-order valence-electron chi connectivity index (χ2n) is 3.92. The number of nitrogens with two attached hydrogens (primary N) is 1. The van der Waals surface area contributed by atoms with Crippen LogP contribution in [-0.2, 0) is 0 Å². The Morgan fingerprint density at radius 3 is 2.45 bits per heavy atom. The molecule has 1 nitrogen and oxygen atoms in total. The molecule has 0 radical (unpaired) electrons. The highest BCUT2D eigenvalue weighted by molar-refractivity contribution is 4.90. The van der Waals surface area contributed by atoms with Crippen molar-refractivity contribution in [2.75, 3.05) is 6.54 Å². The van der Waals surface area contributed by atoms with Crippen LogP contribution in [0.5, 0.6) is 0 Å². The lowest BCUT2D eigenvalue weighted by Gasteiger charge is -2.44. The smallest absolute Gasteiger partial charge is 0.239 e. The van der Waals surface area contributed by atoms with Gasteiger partial charge in [-0.1, -0.05) is 6.92 Å². The molecule has 0 amide bonds. The third-order valence-electron chi connectivity index (χ3n) is 2.54. The molecule has 1 rings (SSSR count). The van der Waals surface area contributed by atoms with Crippen molar-refractivity contribution >= 4 is 0 Å².